The highest BCUT2D eigenvalue weighted by atomic mass is 16.4. The molecule has 1 fully saturated rings. The van der Waals surface area contributed by atoms with Gasteiger partial charge in [0, 0.05) is 6.54 Å². The molecular weight excluding hydrogens is 266 g/mol. The van der Waals surface area contributed by atoms with E-state index < -0.39 is 11.5 Å². The van der Waals surface area contributed by atoms with Crippen LogP contribution >= 0.6 is 0 Å². The first-order chi connectivity index (χ1) is 10.0. The third-order valence-corrected chi connectivity index (χ3v) is 4.40. The van der Waals surface area contributed by atoms with Crippen molar-refractivity contribution < 1.29 is 14.7 Å². The summed E-state index contributed by atoms with van der Waals surface area (Å²) in [5, 5.41) is 11.4. The summed E-state index contributed by atoms with van der Waals surface area (Å²) in [6.07, 6.45) is 0.758. The zero-order chi connectivity index (χ0) is 15.0. The van der Waals surface area contributed by atoms with Gasteiger partial charge in [0.05, 0.1) is 6.42 Å². The molecule has 0 saturated carbocycles. The highest BCUT2D eigenvalue weighted by Gasteiger charge is 2.49. The Labute approximate surface area is 123 Å². The summed E-state index contributed by atoms with van der Waals surface area (Å²) in [4.78, 5) is 25.2. The van der Waals surface area contributed by atoms with Gasteiger partial charge in [-0.05, 0) is 29.7 Å². The van der Waals surface area contributed by atoms with Crippen molar-refractivity contribution in [3.8, 4) is 0 Å². The highest BCUT2D eigenvalue weighted by molar-refractivity contribution is 5.93. The molecule has 21 heavy (non-hydrogen) atoms. The lowest BCUT2D eigenvalue weighted by atomic mass is 9.86. The Balaban J connectivity index is 1.86. The van der Waals surface area contributed by atoms with E-state index in [0.717, 1.165) is 16.3 Å². The molecular formula is C17H17NO3. The first-order valence-corrected chi connectivity index (χ1v) is 7.03. The minimum Gasteiger partial charge on any atom is -0.480 e. The molecule has 0 bridgehead atoms. The molecule has 2 aromatic rings. The number of aliphatic carboxylic acids is 1. The Kier molecular flexibility index (Phi) is 3.16. The van der Waals surface area contributed by atoms with Gasteiger partial charge >= 0.3 is 5.97 Å². The standard InChI is InChI=1S/C17H17NO3/c1-17(16(20)21)9-10-18(17)15(19)11-13-7-4-6-12-5-2-3-8-14(12)13/h2-8H,9-11H2,1H3,(H,20,21). The summed E-state index contributed by atoms with van der Waals surface area (Å²) in [7, 11) is 0. The second-order valence-electron chi connectivity index (χ2n) is 5.69. The number of amides is 1. The molecule has 108 valence electrons. The van der Waals surface area contributed by atoms with Crippen molar-refractivity contribution in [1.29, 1.82) is 0 Å². The number of hydrogen-bond acceptors (Lipinski definition) is 2. The molecule has 0 aromatic heterocycles. The maximum atomic E-state index is 12.4. The first kappa shape index (κ1) is 13.6. The topological polar surface area (TPSA) is 57.6 Å². The molecule has 0 spiro atoms. The number of carboxylic acid groups (broad SMARTS) is 1. The van der Waals surface area contributed by atoms with Gasteiger partial charge in [-0.1, -0.05) is 42.5 Å². The fourth-order valence-corrected chi connectivity index (χ4v) is 2.89. The summed E-state index contributed by atoms with van der Waals surface area (Å²) in [6.45, 7) is 2.13. The Morgan fingerprint density at radius 3 is 2.57 bits per heavy atom. The van der Waals surface area contributed by atoms with E-state index in [9.17, 15) is 14.7 Å². The molecule has 1 amide bonds. The van der Waals surface area contributed by atoms with Gasteiger partial charge in [0.1, 0.15) is 5.54 Å². The van der Waals surface area contributed by atoms with Gasteiger partial charge in [0.2, 0.25) is 5.91 Å². The molecule has 1 atom stereocenters. The van der Waals surface area contributed by atoms with Crippen LogP contribution in [-0.2, 0) is 16.0 Å². The molecule has 0 radical (unpaired) electrons. The lowest BCUT2D eigenvalue weighted by Crippen LogP contribution is -2.64. The van der Waals surface area contributed by atoms with Gasteiger partial charge in [0.25, 0.3) is 0 Å². The Morgan fingerprint density at radius 1 is 1.19 bits per heavy atom. The van der Waals surface area contributed by atoms with E-state index in [0.29, 0.717) is 13.0 Å². The maximum Gasteiger partial charge on any atom is 0.329 e. The minimum absolute atomic E-state index is 0.123. The van der Waals surface area contributed by atoms with Crippen LogP contribution in [-0.4, -0.2) is 34.0 Å². The van der Waals surface area contributed by atoms with Crippen molar-refractivity contribution in [2.45, 2.75) is 25.3 Å². The fourth-order valence-electron chi connectivity index (χ4n) is 2.89. The monoisotopic (exact) mass is 283 g/mol. The van der Waals surface area contributed by atoms with Crippen LogP contribution < -0.4 is 0 Å². The van der Waals surface area contributed by atoms with Crippen LogP contribution in [0.2, 0.25) is 0 Å². The fraction of sp³-hybridized carbons (Fsp3) is 0.294. The van der Waals surface area contributed by atoms with Crippen LogP contribution in [0.15, 0.2) is 42.5 Å². The van der Waals surface area contributed by atoms with E-state index >= 15 is 0 Å². The van der Waals surface area contributed by atoms with Crippen LogP contribution in [0, 0.1) is 0 Å². The largest absolute Gasteiger partial charge is 0.480 e. The number of fused-ring (bicyclic) bond motifs is 1. The molecule has 2 aromatic carbocycles. The number of hydrogen-bond donors (Lipinski definition) is 1. The Morgan fingerprint density at radius 2 is 1.90 bits per heavy atom. The van der Waals surface area contributed by atoms with E-state index in [-0.39, 0.29) is 12.3 Å². The van der Waals surface area contributed by atoms with Gasteiger partial charge in [-0.3, -0.25) is 4.79 Å². The van der Waals surface area contributed by atoms with Crippen molar-refractivity contribution in [3.63, 3.8) is 0 Å². The van der Waals surface area contributed by atoms with Gasteiger partial charge in [-0.15, -0.1) is 0 Å². The number of likely N-dealkylation sites (tertiary alicyclic amines) is 1. The predicted octanol–water partition coefficient (Wildman–Crippen LogP) is 2.46. The van der Waals surface area contributed by atoms with Crippen molar-refractivity contribution in [2.75, 3.05) is 6.54 Å². The molecule has 1 unspecified atom stereocenters. The summed E-state index contributed by atoms with van der Waals surface area (Å²) in [6, 6.07) is 13.8. The SMILES string of the molecule is CC1(C(=O)O)CCN1C(=O)Cc1cccc2ccccc12. The minimum atomic E-state index is -1.04. The Hall–Kier alpha value is -2.36. The van der Waals surface area contributed by atoms with E-state index in [4.69, 9.17) is 0 Å². The van der Waals surface area contributed by atoms with Crippen molar-refractivity contribution in [2.24, 2.45) is 0 Å². The molecule has 1 N–H and O–H groups in total. The van der Waals surface area contributed by atoms with Crippen molar-refractivity contribution in [3.05, 3.63) is 48.0 Å². The summed E-state index contributed by atoms with van der Waals surface area (Å²) in [5.41, 5.74) is -0.0977. The van der Waals surface area contributed by atoms with Gasteiger partial charge < -0.3 is 10.0 Å². The second kappa shape index (κ2) is 4.88. The van der Waals surface area contributed by atoms with Crippen LogP contribution in [0.4, 0.5) is 0 Å². The summed E-state index contributed by atoms with van der Waals surface area (Å²) < 4.78 is 0. The normalized spacial score (nSPS) is 21.1. The van der Waals surface area contributed by atoms with Crippen molar-refractivity contribution >= 4 is 22.6 Å². The van der Waals surface area contributed by atoms with Crippen LogP contribution in [0.3, 0.4) is 0 Å². The molecule has 1 saturated heterocycles. The van der Waals surface area contributed by atoms with Gasteiger partial charge in [0.15, 0.2) is 0 Å². The zero-order valence-corrected chi connectivity index (χ0v) is 11.9. The molecule has 1 aliphatic heterocycles. The third-order valence-electron chi connectivity index (χ3n) is 4.40. The number of benzene rings is 2. The van der Waals surface area contributed by atoms with E-state index in [1.54, 1.807) is 6.92 Å². The summed E-state index contributed by atoms with van der Waals surface area (Å²) >= 11 is 0. The summed E-state index contributed by atoms with van der Waals surface area (Å²) in [5.74, 6) is -1.05. The van der Waals surface area contributed by atoms with Crippen LogP contribution in [0.5, 0.6) is 0 Å². The van der Waals surface area contributed by atoms with E-state index in [1.165, 1.54) is 4.90 Å². The lowest BCUT2D eigenvalue weighted by Gasteiger charge is -2.47. The average Bonchev–Trinajstić information content (AvgIpc) is 2.45. The zero-order valence-electron chi connectivity index (χ0n) is 11.9. The van der Waals surface area contributed by atoms with Crippen LogP contribution in [0.1, 0.15) is 18.9 Å². The maximum absolute atomic E-state index is 12.4. The number of carboxylic acids is 1. The predicted molar refractivity (Wildman–Crippen MR) is 80.0 cm³/mol. The molecule has 1 aliphatic rings. The van der Waals surface area contributed by atoms with E-state index in [2.05, 4.69) is 0 Å². The molecule has 4 nitrogen and oxygen atoms in total. The quantitative estimate of drug-likeness (QED) is 0.941. The number of rotatable bonds is 3. The van der Waals surface area contributed by atoms with E-state index in [1.807, 2.05) is 42.5 Å². The first-order valence-electron chi connectivity index (χ1n) is 7.03. The van der Waals surface area contributed by atoms with Crippen molar-refractivity contribution in [1.82, 2.24) is 4.90 Å². The molecule has 3 rings (SSSR count). The third kappa shape index (κ3) is 2.17. The number of nitrogens with zero attached hydrogens (tertiary/aromatic N) is 1. The highest BCUT2D eigenvalue weighted by Crippen LogP contribution is 2.31. The molecule has 0 aliphatic carbocycles. The number of carbonyl (C=O) groups excluding carboxylic acids is 1. The van der Waals surface area contributed by atoms with Gasteiger partial charge in [-0.2, -0.15) is 0 Å². The lowest BCUT2D eigenvalue weighted by molar-refractivity contribution is -0.168. The second-order valence-corrected chi connectivity index (χ2v) is 5.69. The Bertz CT molecular complexity index is 720. The average molecular weight is 283 g/mol. The number of carbonyl (C=O) groups is 2. The van der Waals surface area contributed by atoms with Gasteiger partial charge in [-0.25, -0.2) is 4.79 Å². The smallest absolute Gasteiger partial charge is 0.329 e. The molecule has 1 heterocycles. The van der Waals surface area contributed by atoms with Crippen LogP contribution in [0.25, 0.3) is 10.8 Å². The molecule has 4 heteroatoms.